The predicted octanol–water partition coefficient (Wildman–Crippen LogP) is 3.08. The molecule has 0 saturated carbocycles. The van der Waals surface area contributed by atoms with E-state index >= 15 is 0 Å². The van der Waals surface area contributed by atoms with Crippen LogP contribution in [0, 0.1) is 0 Å². The molecule has 0 unspecified atom stereocenters. The topological polar surface area (TPSA) is 29.5 Å². The molecule has 94 valence electrons. The molecule has 0 heterocycles. The number of hydrogen-bond acceptors (Lipinski definition) is 3. The Labute approximate surface area is 111 Å². The largest absolute Gasteiger partial charge is 0.465 e. The second-order valence-electron chi connectivity index (χ2n) is 4.04. The van der Waals surface area contributed by atoms with Crippen molar-refractivity contribution in [1.29, 1.82) is 0 Å². The van der Waals surface area contributed by atoms with Gasteiger partial charge in [-0.15, -0.1) is 0 Å². The van der Waals surface area contributed by atoms with Crippen molar-refractivity contribution in [2.24, 2.45) is 0 Å². The minimum absolute atomic E-state index is 0.306. The van der Waals surface area contributed by atoms with Crippen LogP contribution in [0.15, 0.2) is 22.7 Å². The number of halogens is 1. The Kier molecular flexibility index (Phi) is 5.65. The molecule has 3 nitrogen and oxygen atoms in total. The molecule has 4 heteroatoms. The first-order chi connectivity index (χ1) is 8.08. The second-order valence-corrected chi connectivity index (χ2v) is 4.89. The van der Waals surface area contributed by atoms with Crippen LogP contribution in [-0.4, -0.2) is 31.6 Å². The molecule has 0 atom stereocenters. The Balaban J connectivity index is 2.79. The number of nitrogens with zero attached hydrogens (tertiary/aromatic N) is 1. The van der Waals surface area contributed by atoms with Crippen LogP contribution in [-0.2, 0) is 11.3 Å². The van der Waals surface area contributed by atoms with E-state index in [0.717, 1.165) is 24.0 Å². The minimum Gasteiger partial charge on any atom is -0.465 e. The molecule has 0 aromatic heterocycles. The summed E-state index contributed by atoms with van der Waals surface area (Å²) in [5.74, 6) is -0.306. The summed E-state index contributed by atoms with van der Waals surface area (Å²) >= 11 is 3.49. The maximum Gasteiger partial charge on any atom is 0.337 e. The normalized spacial score (nSPS) is 10.6. The molecule has 0 spiro atoms. The molecule has 1 rings (SSSR count). The third kappa shape index (κ3) is 4.13. The number of esters is 1. The van der Waals surface area contributed by atoms with E-state index in [4.69, 9.17) is 0 Å². The van der Waals surface area contributed by atoms with Crippen molar-refractivity contribution in [2.45, 2.75) is 19.9 Å². The van der Waals surface area contributed by atoms with E-state index in [1.165, 1.54) is 12.7 Å². The van der Waals surface area contributed by atoms with Crippen molar-refractivity contribution < 1.29 is 9.53 Å². The monoisotopic (exact) mass is 299 g/mol. The highest BCUT2D eigenvalue weighted by Crippen LogP contribution is 2.20. The number of methoxy groups -OCH3 is 1. The van der Waals surface area contributed by atoms with Crippen molar-refractivity contribution in [3.05, 3.63) is 33.8 Å². The predicted molar refractivity (Wildman–Crippen MR) is 72.1 cm³/mol. The zero-order valence-corrected chi connectivity index (χ0v) is 12.1. The fourth-order valence-corrected chi connectivity index (χ4v) is 2.18. The summed E-state index contributed by atoms with van der Waals surface area (Å²) in [6, 6.07) is 5.56. The molecule has 0 bridgehead atoms. The van der Waals surface area contributed by atoms with Crippen LogP contribution >= 0.6 is 15.9 Å². The van der Waals surface area contributed by atoms with Gasteiger partial charge in [-0.3, -0.25) is 0 Å². The first kappa shape index (κ1) is 14.2. The molecule has 0 N–H and O–H groups in total. The van der Waals surface area contributed by atoms with Gasteiger partial charge in [0.1, 0.15) is 0 Å². The minimum atomic E-state index is -0.306. The van der Waals surface area contributed by atoms with Gasteiger partial charge in [-0.25, -0.2) is 4.79 Å². The fourth-order valence-electron chi connectivity index (χ4n) is 1.67. The van der Waals surface area contributed by atoms with Crippen molar-refractivity contribution in [3.8, 4) is 0 Å². The van der Waals surface area contributed by atoms with Gasteiger partial charge >= 0.3 is 5.97 Å². The van der Waals surface area contributed by atoms with Gasteiger partial charge in [-0.1, -0.05) is 28.9 Å². The summed E-state index contributed by atoms with van der Waals surface area (Å²) in [4.78, 5) is 13.6. The second kappa shape index (κ2) is 6.77. The smallest absolute Gasteiger partial charge is 0.337 e. The summed E-state index contributed by atoms with van der Waals surface area (Å²) < 4.78 is 5.63. The van der Waals surface area contributed by atoms with Gasteiger partial charge in [-0.2, -0.15) is 0 Å². The average molecular weight is 300 g/mol. The van der Waals surface area contributed by atoms with Gasteiger partial charge in [0.2, 0.25) is 0 Å². The number of hydrogen-bond donors (Lipinski definition) is 0. The number of carbonyl (C=O) groups is 1. The summed E-state index contributed by atoms with van der Waals surface area (Å²) in [7, 11) is 3.48. The maximum absolute atomic E-state index is 11.3. The Morgan fingerprint density at radius 2 is 2.18 bits per heavy atom. The Bertz CT molecular complexity index is 393. The highest BCUT2D eigenvalue weighted by atomic mass is 79.9. The van der Waals surface area contributed by atoms with Gasteiger partial charge in [-0.05, 0) is 37.7 Å². The van der Waals surface area contributed by atoms with Gasteiger partial charge in [0, 0.05) is 11.0 Å². The van der Waals surface area contributed by atoms with E-state index < -0.39 is 0 Å². The van der Waals surface area contributed by atoms with Crippen molar-refractivity contribution >= 4 is 21.9 Å². The van der Waals surface area contributed by atoms with E-state index in [1.807, 2.05) is 6.07 Å². The van der Waals surface area contributed by atoms with E-state index in [1.54, 1.807) is 12.1 Å². The zero-order valence-electron chi connectivity index (χ0n) is 10.5. The highest BCUT2D eigenvalue weighted by Gasteiger charge is 2.09. The maximum atomic E-state index is 11.3. The number of benzene rings is 1. The van der Waals surface area contributed by atoms with Gasteiger partial charge in [0.15, 0.2) is 0 Å². The molecule has 0 amide bonds. The van der Waals surface area contributed by atoms with Crippen molar-refractivity contribution in [1.82, 2.24) is 4.90 Å². The van der Waals surface area contributed by atoms with E-state index in [-0.39, 0.29) is 5.97 Å². The van der Waals surface area contributed by atoms with Crippen molar-refractivity contribution in [2.75, 3.05) is 20.7 Å². The molecule has 1 aromatic rings. The summed E-state index contributed by atoms with van der Waals surface area (Å²) in [5, 5.41) is 0. The lowest BCUT2D eigenvalue weighted by atomic mass is 10.1. The highest BCUT2D eigenvalue weighted by molar-refractivity contribution is 9.10. The fraction of sp³-hybridized carbons (Fsp3) is 0.462. The van der Waals surface area contributed by atoms with Crippen LogP contribution in [0.5, 0.6) is 0 Å². The molecule has 17 heavy (non-hydrogen) atoms. The molecule has 1 aromatic carbocycles. The van der Waals surface area contributed by atoms with E-state index in [9.17, 15) is 4.79 Å². The Morgan fingerprint density at radius 1 is 1.47 bits per heavy atom. The van der Waals surface area contributed by atoms with Gasteiger partial charge in [0.25, 0.3) is 0 Å². The number of carbonyl (C=O) groups excluding carboxylic acids is 1. The first-order valence-electron chi connectivity index (χ1n) is 5.63. The van der Waals surface area contributed by atoms with Crippen LogP contribution in [0.25, 0.3) is 0 Å². The molecule has 0 aliphatic carbocycles. The van der Waals surface area contributed by atoms with Crippen LogP contribution < -0.4 is 0 Å². The standard InChI is InChI=1S/C13H18BrNO2/c1-4-7-15(2)9-11-6-5-10(8-12(11)14)13(16)17-3/h5-6,8H,4,7,9H2,1-3H3. The van der Waals surface area contributed by atoms with Gasteiger partial charge < -0.3 is 9.64 Å². The Hall–Kier alpha value is -0.870. The van der Waals surface area contributed by atoms with Crippen LogP contribution in [0.1, 0.15) is 29.3 Å². The summed E-state index contributed by atoms with van der Waals surface area (Å²) in [6.45, 7) is 4.09. The molecule has 0 saturated heterocycles. The third-order valence-electron chi connectivity index (χ3n) is 2.52. The lowest BCUT2D eigenvalue weighted by molar-refractivity contribution is 0.0600. The molecular formula is C13H18BrNO2. The van der Waals surface area contributed by atoms with Crippen LogP contribution in [0.4, 0.5) is 0 Å². The van der Waals surface area contributed by atoms with Crippen LogP contribution in [0.3, 0.4) is 0 Å². The molecule has 0 fully saturated rings. The zero-order chi connectivity index (χ0) is 12.8. The average Bonchev–Trinajstić information content (AvgIpc) is 2.31. The van der Waals surface area contributed by atoms with E-state index in [2.05, 4.69) is 39.5 Å². The number of rotatable bonds is 5. The van der Waals surface area contributed by atoms with Crippen molar-refractivity contribution in [3.63, 3.8) is 0 Å². The lowest BCUT2D eigenvalue weighted by Crippen LogP contribution is -2.18. The molecule has 0 aliphatic heterocycles. The molecular weight excluding hydrogens is 282 g/mol. The van der Waals surface area contributed by atoms with Gasteiger partial charge in [0.05, 0.1) is 12.7 Å². The molecule has 0 aliphatic rings. The third-order valence-corrected chi connectivity index (χ3v) is 3.26. The van der Waals surface area contributed by atoms with Crippen LogP contribution in [0.2, 0.25) is 0 Å². The first-order valence-corrected chi connectivity index (χ1v) is 6.43. The number of ether oxygens (including phenoxy) is 1. The summed E-state index contributed by atoms with van der Waals surface area (Å²) in [6.07, 6.45) is 1.13. The SMILES string of the molecule is CCCN(C)Cc1ccc(C(=O)OC)cc1Br. The molecule has 0 radical (unpaired) electrons. The summed E-state index contributed by atoms with van der Waals surface area (Å²) in [5.41, 5.74) is 1.75. The Morgan fingerprint density at radius 3 is 2.71 bits per heavy atom. The van der Waals surface area contributed by atoms with E-state index in [0.29, 0.717) is 5.56 Å². The quantitative estimate of drug-likeness (QED) is 0.783. The lowest BCUT2D eigenvalue weighted by Gasteiger charge is -2.16.